The largest absolute Gasteiger partial charge is 0.394 e. The van der Waals surface area contributed by atoms with Crippen LogP contribution in [0.4, 0.5) is 0 Å². The van der Waals surface area contributed by atoms with E-state index in [0.29, 0.717) is 0 Å². The van der Waals surface area contributed by atoms with Crippen LogP contribution in [0.3, 0.4) is 0 Å². The van der Waals surface area contributed by atoms with Crippen molar-refractivity contribution in [1.29, 1.82) is 0 Å². The summed E-state index contributed by atoms with van der Waals surface area (Å²) in [5.74, 6) is 0. The summed E-state index contributed by atoms with van der Waals surface area (Å²) in [7, 11) is 0. The first-order valence-corrected chi connectivity index (χ1v) is 36.3. The molecule has 10 aliphatic heterocycles. The summed E-state index contributed by atoms with van der Waals surface area (Å²) in [6.45, 7) is -7.49. The van der Waals surface area contributed by atoms with Gasteiger partial charge in [-0.1, -0.05) is 6.08 Å². The summed E-state index contributed by atoms with van der Waals surface area (Å²) >= 11 is 0. The van der Waals surface area contributed by atoms with Gasteiger partial charge < -0.3 is 253 Å². The molecule has 0 aromatic rings. The molecule has 664 valence electrons. The highest BCUT2D eigenvalue weighted by molar-refractivity contribution is 5.02. The van der Waals surface area contributed by atoms with Crippen molar-refractivity contribution in [2.24, 2.45) is 0 Å². The maximum absolute atomic E-state index is 12.3. The predicted molar refractivity (Wildman–Crippen MR) is 344 cm³/mol. The van der Waals surface area contributed by atoms with Crippen LogP contribution in [0.5, 0.6) is 0 Å². The third kappa shape index (κ3) is 20.0. The van der Waals surface area contributed by atoms with Crippen LogP contribution in [0.2, 0.25) is 0 Å². The summed E-state index contributed by atoms with van der Waals surface area (Å²) in [4.78, 5) is 0. The normalized spacial score (nSPS) is 52.6. The molecule has 51 heteroatoms. The van der Waals surface area contributed by atoms with Gasteiger partial charge in [-0.15, -0.1) is 6.58 Å². The zero-order chi connectivity index (χ0) is 83.5. The molecule has 114 heavy (non-hydrogen) atoms. The molecule has 0 unspecified atom stereocenters. The predicted octanol–water partition coefficient (Wildman–Crippen LogP) is -21.6. The molecule has 0 spiro atoms. The van der Waals surface area contributed by atoms with Crippen LogP contribution in [0, 0.1) is 0 Å². The van der Waals surface area contributed by atoms with Crippen molar-refractivity contribution in [2.45, 2.75) is 307 Å². The summed E-state index contributed by atoms with van der Waals surface area (Å²) in [5, 5.41) is 338. The van der Waals surface area contributed by atoms with Gasteiger partial charge in [0.15, 0.2) is 62.9 Å². The minimum atomic E-state index is -2.48. The molecule has 50 atom stereocenters. The highest BCUT2D eigenvalue weighted by atomic mass is 16.8. The molecule has 0 aromatic heterocycles. The smallest absolute Gasteiger partial charge is 0.187 e. The lowest BCUT2D eigenvalue weighted by Crippen LogP contribution is -2.67. The molecule has 31 N–H and O–H groups in total. The Bertz CT molecular complexity index is 2870. The fraction of sp³-hybridized carbons (Fsp3) is 0.968. The number of rotatable bonds is 31. The topological polar surface area (TPSA) is 812 Å². The lowest BCUT2D eigenvalue weighted by atomic mass is 9.96. The van der Waals surface area contributed by atoms with Gasteiger partial charge in [0.25, 0.3) is 0 Å². The Morgan fingerprint density at radius 1 is 0.184 bits per heavy atom. The first kappa shape index (κ1) is 94.0. The average Bonchev–Trinajstić information content (AvgIpc) is 0.783. The molecular formula is C63H106O51. The van der Waals surface area contributed by atoms with Crippen molar-refractivity contribution in [3.63, 3.8) is 0 Å². The van der Waals surface area contributed by atoms with Crippen molar-refractivity contribution < 1.29 is 253 Å². The van der Waals surface area contributed by atoms with Crippen molar-refractivity contribution in [2.75, 3.05) is 72.7 Å². The van der Waals surface area contributed by atoms with E-state index < -0.39 is 380 Å². The molecule has 10 aliphatic rings. The van der Waals surface area contributed by atoms with E-state index in [-0.39, 0.29) is 0 Å². The van der Waals surface area contributed by atoms with E-state index in [0.717, 1.165) is 6.08 Å². The fourth-order valence-electron chi connectivity index (χ4n) is 14.3. The Hall–Kier alpha value is -2.30. The standard InChI is InChI=1S/C63H106O51/c1-2-3-95-58-48(113-62-52(39(86)29(76)19(9-69)104-62)111-56-46(93)36(83)26(73)16(6-66)101-56)41(88)31(78)21(106-58)11-97-60-50(110-55-45(92)35(82)25(72)15(5-65)100-55)42(89)32(79)23(107-60)13-98-61-51(114-63-53(40(87)30(77)20(10-70)105-63)112-57-47(94)37(84)27(74)17(7-67)102-57)43(90)33(80)22(108-61)12-96-59-49(38(85)28(75)18(8-68)103-59)109-54-44(91)34(81)24(71)14(4-64)99-54/h2,14-94H,1,3-13H2/t14-,15-,16-,17-,18-,19-,20-,21-,22-,23-,24-,25-,26-,27-,28-,29-,30-,31-,32-,33-,34+,35+,36+,37+,38+,39+,40+,41+,42+,43+,44+,45+,46+,47+,48+,49+,50+,51+,52+,53+,54-,55-,56-,57-,58+,59+,60+,61+,62-,63-/m1/s1. The quantitative estimate of drug-likeness (QED) is 0.0287. The van der Waals surface area contributed by atoms with Gasteiger partial charge in [0, 0.05) is 0 Å². The highest BCUT2D eigenvalue weighted by Crippen LogP contribution is 2.40. The molecule has 10 fully saturated rings. The van der Waals surface area contributed by atoms with Crippen LogP contribution in [-0.4, -0.2) is 538 Å². The van der Waals surface area contributed by atoms with E-state index in [1.165, 1.54) is 0 Å². The van der Waals surface area contributed by atoms with E-state index in [1.807, 2.05) is 0 Å². The molecule has 10 heterocycles. The number of aliphatic hydroxyl groups excluding tert-OH is 31. The molecule has 10 saturated heterocycles. The molecule has 0 amide bonds. The fourth-order valence-corrected chi connectivity index (χ4v) is 14.3. The van der Waals surface area contributed by atoms with Gasteiger partial charge >= 0.3 is 0 Å². The summed E-state index contributed by atoms with van der Waals surface area (Å²) in [6, 6.07) is 0. The van der Waals surface area contributed by atoms with Gasteiger partial charge in [-0.2, -0.15) is 0 Å². The SMILES string of the molecule is C=CCO[C@H]1O[C@H](CO[C@H]2O[C@H](CO[C@H]3O[C@H](CO[C@H]4O[C@H](CO)[C@@H](O)[C@H](O)[C@@H]4O[C@H]4O[C@H](CO)[C@@H](O)[C@H](O)[C@@H]4O)[C@@H](O)[C@H](O)[C@@H]3O[C@H]3O[C@H](CO)[C@@H](O)[C@H](O)[C@@H]3O[C@H]3O[C@H](CO)[C@@H](O)[C@H](O)[C@@H]3O)[C@@H](O)[C@H](O)[C@@H]2O[C@H]2O[C@H](CO)[C@@H](O)[C@H](O)[C@@H]2O)[C@@H](O)[C@H](O)[C@@H]1O[C@H]1O[C@H](CO)[C@@H](O)[C@H](O)[C@@H]1O[C@H]1O[C@H](CO)[C@@H](O)[C@H](O)[C@@H]1O. The first-order chi connectivity index (χ1) is 54.1. The minimum absolute atomic E-state index is 0.470. The number of hydrogen-bond acceptors (Lipinski definition) is 51. The highest BCUT2D eigenvalue weighted by Gasteiger charge is 2.61. The lowest BCUT2D eigenvalue weighted by Gasteiger charge is -2.49. The number of ether oxygens (including phenoxy) is 20. The Labute approximate surface area is 644 Å². The molecule has 0 aromatic carbocycles. The third-order valence-electron chi connectivity index (χ3n) is 21.2. The minimum Gasteiger partial charge on any atom is -0.394 e. The monoisotopic (exact) mass is 1680 g/mol. The number of aliphatic hydroxyl groups is 31. The van der Waals surface area contributed by atoms with Crippen LogP contribution in [-0.2, 0) is 94.7 Å². The summed E-state index contributed by atoms with van der Waals surface area (Å²) in [5.41, 5.74) is 0. The van der Waals surface area contributed by atoms with E-state index in [9.17, 15) is 158 Å². The Kier molecular flexibility index (Phi) is 34.0. The van der Waals surface area contributed by atoms with Crippen LogP contribution >= 0.6 is 0 Å². The molecule has 0 aliphatic carbocycles. The Morgan fingerprint density at radius 2 is 0.342 bits per heavy atom. The molecule has 0 bridgehead atoms. The molecule has 0 radical (unpaired) electrons. The maximum atomic E-state index is 12.3. The van der Waals surface area contributed by atoms with Crippen LogP contribution in [0.1, 0.15) is 0 Å². The molecule has 10 rings (SSSR count). The summed E-state index contributed by atoms with van der Waals surface area (Å²) < 4.78 is 117. The van der Waals surface area contributed by atoms with Crippen molar-refractivity contribution >= 4 is 0 Å². The molecule has 51 nitrogen and oxygen atoms in total. The zero-order valence-electron chi connectivity index (χ0n) is 60.0. The van der Waals surface area contributed by atoms with Crippen molar-refractivity contribution in [3.05, 3.63) is 12.7 Å². The first-order valence-electron chi connectivity index (χ1n) is 36.3. The second-order valence-electron chi connectivity index (χ2n) is 28.7. The van der Waals surface area contributed by atoms with E-state index in [4.69, 9.17) is 94.7 Å². The number of hydrogen-bond donors (Lipinski definition) is 31. The lowest BCUT2D eigenvalue weighted by molar-refractivity contribution is -0.402. The van der Waals surface area contributed by atoms with E-state index in [2.05, 4.69) is 6.58 Å². The molecular weight excluding hydrogens is 1570 g/mol. The Balaban J connectivity index is 0.941. The maximum Gasteiger partial charge on any atom is 0.187 e. The van der Waals surface area contributed by atoms with Crippen LogP contribution in [0.15, 0.2) is 12.7 Å². The molecule has 0 saturated carbocycles. The second kappa shape index (κ2) is 41.3. The van der Waals surface area contributed by atoms with Gasteiger partial charge in [0.1, 0.15) is 244 Å². The van der Waals surface area contributed by atoms with Crippen LogP contribution in [0.25, 0.3) is 0 Å². The van der Waals surface area contributed by atoms with Gasteiger partial charge in [-0.25, -0.2) is 0 Å². The average molecular weight is 1680 g/mol. The van der Waals surface area contributed by atoms with E-state index in [1.54, 1.807) is 0 Å². The van der Waals surface area contributed by atoms with Crippen LogP contribution < -0.4 is 0 Å². The van der Waals surface area contributed by atoms with E-state index >= 15 is 0 Å². The van der Waals surface area contributed by atoms with Crippen molar-refractivity contribution in [3.8, 4) is 0 Å². The second-order valence-corrected chi connectivity index (χ2v) is 28.7. The van der Waals surface area contributed by atoms with Gasteiger partial charge in [0.2, 0.25) is 0 Å². The third-order valence-corrected chi connectivity index (χ3v) is 21.2. The van der Waals surface area contributed by atoms with Gasteiger partial charge in [-0.3, -0.25) is 0 Å². The zero-order valence-corrected chi connectivity index (χ0v) is 60.0. The Morgan fingerprint density at radius 3 is 0.553 bits per heavy atom. The summed E-state index contributed by atoms with van der Waals surface area (Å²) in [6.07, 6.45) is -103. The van der Waals surface area contributed by atoms with Gasteiger partial charge in [0.05, 0.1) is 72.7 Å². The van der Waals surface area contributed by atoms with Crippen molar-refractivity contribution in [1.82, 2.24) is 0 Å². The van der Waals surface area contributed by atoms with Gasteiger partial charge in [-0.05, 0) is 0 Å².